The summed E-state index contributed by atoms with van der Waals surface area (Å²) >= 11 is 0. The first-order valence-corrected chi connectivity index (χ1v) is 9.87. The lowest BCUT2D eigenvalue weighted by molar-refractivity contribution is -0.138. The highest BCUT2D eigenvalue weighted by Crippen LogP contribution is 2.36. The van der Waals surface area contributed by atoms with E-state index in [0.717, 1.165) is 32.3 Å². The van der Waals surface area contributed by atoms with Gasteiger partial charge in [-0.2, -0.15) is 0 Å². The summed E-state index contributed by atoms with van der Waals surface area (Å²) in [6.45, 7) is 7.79. The van der Waals surface area contributed by atoms with Crippen molar-refractivity contribution >= 4 is 11.8 Å². The summed E-state index contributed by atoms with van der Waals surface area (Å²) < 4.78 is 5.91. The molecule has 0 radical (unpaired) electrons. The van der Waals surface area contributed by atoms with Gasteiger partial charge >= 0.3 is 0 Å². The number of carbonyl (C=O) groups excluding carboxylic acids is 2. The van der Waals surface area contributed by atoms with Gasteiger partial charge in [-0.1, -0.05) is 29.8 Å². The zero-order valence-corrected chi connectivity index (χ0v) is 16.3. The fourth-order valence-electron chi connectivity index (χ4n) is 4.38. The van der Waals surface area contributed by atoms with Crippen LogP contribution in [0.5, 0.6) is 0 Å². The Labute approximate surface area is 156 Å². The van der Waals surface area contributed by atoms with Crippen molar-refractivity contribution in [3.8, 4) is 0 Å². The van der Waals surface area contributed by atoms with E-state index in [2.05, 4.69) is 45.0 Å². The van der Waals surface area contributed by atoms with Crippen LogP contribution in [0.2, 0.25) is 0 Å². The molecule has 0 N–H and O–H groups in total. The molecule has 2 aliphatic rings. The third kappa shape index (κ3) is 4.73. The zero-order valence-electron chi connectivity index (χ0n) is 16.3. The van der Waals surface area contributed by atoms with Gasteiger partial charge in [0.1, 0.15) is 0 Å². The number of benzene rings is 1. The maximum Gasteiger partial charge on any atom is 0.229 e. The van der Waals surface area contributed by atoms with Crippen LogP contribution >= 0.6 is 0 Å². The van der Waals surface area contributed by atoms with E-state index in [1.165, 1.54) is 16.0 Å². The van der Waals surface area contributed by atoms with E-state index in [1.54, 1.807) is 0 Å². The molecule has 3 rings (SSSR count). The highest BCUT2D eigenvalue weighted by atomic mass is 16.5. The van der Waals surface area contributed by atoms with Crippen molar-refractivity contribution in [3.63, 3.8) is 0 Å². The molecule has 0 aliphatic carbocycles. The Bertz CT molecular complexity index is 634. The lowest BCUT2D eigenvalue weighted by atomic mass is 9.75. The van der Waals surface area contributed by atoms with Crippen molar-refractivity contribution in [3.05, 3.63) is 35.4 Å². The van der Waals surface area contributed by atoms with Crippen molar-refractivity contribution in [2.45, 2.75) is 64.9 Å². The fraction of sp³-hybridized carbons (Fsp3) is 0.636. The van der Waals surface area contributed by atoms with Crippen molar-refractivity contribution in [1.29, 1.82) is 0 Å². The first-order valence-electron chi connectivity index (χ1n) is 9.87. The Morgan fingerprint density at radius 3 is 2.42 bits per heavy atom. The van der Waals surface area contributed by atoms with E-state index in [0.29, 0.717) is 31.2 Å². The molecule has 2 aliphatic heterocycles. The van der Waals surface area contributed by atoms with E-state index < -0.39 is 0 Å². The largest absolute Gasteiger partial charge is 0.376 e. The molecule has 2 saturated heterocycles. The number of imide groups is 1. The third-order valence-electron chi connectivity index (χ3n) is 5.90. The summed E-state index contributed by atoms with van der Waals surface area (Å²) in [5.74, 6) is 1.02. The van der Waals surface area contributed by atoms with Crippen LogP contribution in [0, 0.1) is 18.8 Å². The smallest absolute Gasteiger partial charge is 0.229 e. The molecule has 0 bridgehead atoms. The lowest BCUT2D eigenvalue weighted by Crippen LogP contribution is -2.39. The summed E-state index contributed by atoms with van der Waals surface area (Å²) in [6.07, 6.45) is 4.73. The molecule has 0 saturated carbocycles. The number of likely N-dealkylation sites (tertiary alicyclic amines) is 1. The van der Waals surface area contributed by atoms with E-state index in [1.807, 2.05) is 0 Å². The number of nitrogens with zero attached hydrogens (tertiary/aromatic N) is 1. The van der Waals surface area contributed by atoms with E-state index in [-0.39, 0.29) is 17.4 Å². The Hall–Kier alpha value is -1.68. The summed E-state index contributed by atoms with van der Waals surface area (Å²) in [7, 11) is 0. The van der Waals surface area contributed by atoms with Crippen LogP contribution in [-0.4, -0.2) is 35.5 Å². The van der Waals surface area contributed by atoms with Gasteiger partial charge in [-0.15, -0.1) is 0 Å². The van der Waals surface area contributed by atoms with Crippen molar-refractivity contribution < 1.29 is 14.3 Å². The first kappa shape index (κ1) is 19.1. The Morgan fingerprint density at radius 2 is 1.81 bits per heavy atom. The molecule has 0 aromatic heterocycles. The lowest BCUT2D eigenvalue weighted by Gasteiger charge is -2.39. The topological polar surface area (TPSA) is 46.6 Å². The van der Waals surface area contributed by atoms with Crippen LogP contribution in [0.15, 0.2) is 24.3 Å². The average Bonchev–Trinajstić information content (AvgIpc) is 2.91. The Morgan fingerprint density at radius 1 is 1.15 bits per heavy atom. The van der Waals surface area contributed by atoms with Gasteiger partial charge in [-0.05, 0) is 63.9 Å². The molecule has 2 heterocycles. The number of amides is 2. The Balaban J connectivity index is 1.71. The monoisotopic (exact) mass is 357 g/mol. The molecule has 2 atom stereocenters. The maximum absolute atomic E-state index is 12.0. The minimum atomic E-state index is -0.0896. The summed E-state index contributed by atoms with van der Waals surface area (Å²) in [4.78, 5) is 25.4. The molecule has 4 heteroatoms. The predicted molar refractivity (Wildman–Crippen MR) is 102 cm³/mol. The summed E-state index contributed by atoms with van der Waals surface area (Å²) in [6, 6.07) is 8.74. The highest BCUT2D eigenvalue weighted by molar-refractivity contribution is 6.01. The van der Waals surface area contributed by atoms with E-state index >= 15 is 0 Å². The van der Waals surface area contributed by atoms with Gasteiger partial charge in [-0.3, -0.25) is 14.5 Å². The second kappa shape index (κ2) is 7.91. The van der Waals surface area contributed by atoms with Gasteiger partial charge in [0.15, 0.2) is 0 Å². The van der Waals surface area contributed by atoms with Crippen LogP contribution in [0.3, 0.4) is 0 Å². The van der Waals surface area contributed by atoms with E-state index in [9.17, 15) is 9.59 Å². The average molecular weight is 357 g/mol. The van der Waals surface area contributed by atoms with Crippen LogP contribution < -0.4 is 0 Å². The zero-order chi connectivity index (χ0) is 18.7. The minimum Gasteiger partial charge on any atom is -0.376 e. The minimum absolute atomic E-state index is 0.00334. The first-order chi connectivity index (χ1) is 12.3. The molecule has 2 fully saturated rings. The number of rotatable bonds is 6. The standard InChI is InChI=1S/C22H31NO3/c1-16-4-6-17(7-5-16)14-18(19-11-13-26-22(2,3)15-19)10-12-23-20(24)8-9-21(23)25/h4-7,18-19H,8-15H2,1-3H3/t18-,19+/m0/s1. The van der Waals surface area contributed by atoms with Crippen LogP contribution in [0.1, 0.15) is 57.1 Å². The SMILES string of the molecule is Cc1ccc(C[C@H](CCN2C(=O)CCC2=O)[C@@H]2CCOC(C)(C)C2)cc1. The molecule has 1 aromatic rings. The molecule has 1 aromatic carbocycles. The van der Waals surface area contributed by atoms with Crippen molar-refractivity contribution in [2.24, 2.45) is 11.8 Å². The van der Waals surface area contributed by atoms with Gasteiger partial charge in [0.05, 0.1) is 5.60 Å². The summed E-state index contributed by atoms with van der Waals surface area (Å²) in [5, 5.41) is 0. The molecule has 0 unspecified atom stereocenters. The van der Waals surface area contributed by atoms with Crippen molar-refractivity contribution in [1.82, 2.24) is 4.90 Å². The number of carbonyl (C=O) groups is 2. The molecule has 4 nitrogen and oxygen atoms in total. The number of hydrogen-bond acceptors (Lipinski definition) is 3. The molecule has 0 spiro atoms. The Kier molecular flexibility index (Phi) is 5.81. The number of ether oxygens (including phenoxy) is 1. The van der Waals surface area contributed by atoms with Gasteiger partial charge < -0.3 is 4.74 Å². The summed E-state index contributed by atoms with van der Waals surface area (Å²) in [5.41, 5.74) is 2.52. The molecule has 2 amide bonds. The van der Waals surface area contributed by atoms with Crippen LogP contribution in [0.25, 0.3) is 0 Å². The van der Waals surface area contributed by atoms with Crippen LogP contribution in [-0.2, 0) is 20.7 Å². The van der Waals surface area contributed by atoms with Gasteiger partial charge in [0, 0.05) is 26.0 Å². The normalized spacial score (nSPS) is 24.1. The maximum atomic E-state index is 12.0. The number of aryl methyl sites for hydroxylation is 1. The molecule has 26 heavy (non-hydrogen) atoms. The second-order valence-electron chi connectivity index (χ2n) is 8.54. The fourth-order valence-corrected chi connectivity index (χ4v) is 4.38. The van der Waals surface area contributed by atoms with Gasteiger partial charge in [0.2, 0.25) is 11.8 Å². The van der Waals surface area contributed by atoms with E-state index in [4.69, 9.17) is 4.74 Å². The quantitative estimate of drug-likeness (QED) is 0.726. The molecular formula is C22H31NO3. The van der Waals surface area contributed by atoms with Gasteiger partial charge in [0.25, 0.3) is 0 Å². The molecular weight excluding hydrogens is 326 g/mol. The number of hydrogen-bond donors (Lipinski definition) is 0. The second-order valence-corrected chi connectivity index (χ2v) is 8.54. The molecule has 142 valence electrons. The third-order valence-corrected chi connectivity index (χ3v) is 5.90. The van der Waals surface area contributed by atoms with Crippen LogP contribution in [0.4, 0.5) is 0 Å². The predicted octanol–water partition coefficient (Wildman–Crippen LogP) is 3.90. The van der Waals surface area contributed by atoms with Gasteiger partial charge in [-0.25, -0.2) is 0 Å². The highest BCUT2D eigenvalue weighted by Gasteiger charge is 2.35. The van der Waals surface area contributed by atoms with Crippen molar-refractivity contribution in [2.75, 3.05) is 13.2 Å².